The lowest BCUT2D eigenvalue weighted by Crippen LogP contribution is -2.02. The van der Waals surface area contributed by atoms with Crippen molar-refractivity contribution in [3.63, 3.8) is 0 Å². The molecule has 5 heteroatoms. The van der Waals surface area contributed by atoms with Crippen molar-refractivity contribution in [1.29, 1.82) is 0 Å². The monoisotopic (exact) mass is 396 g/mol. The minimum Gasteiger partial charge on any atom is -0.494 e. The predicted octanol–water partition coefficient (Wildman–Crippen LogP) is 7.12. The molecule has 2 aromatic rings. The fourth-order valence-corrected chi connectivity index (χ4v) is 4.61. The first-order valence-corrected chi connectivity index (χ1v) is 10.5. The zero-order valence-corrected chi connectivity index (χ0v) is 16.8. The van der Waals surface area contributed by atoms with E-state index in [1.54, 1.807) is 11.8 Å². The Morgan fingerprint density at radius 1 is 0.852 bits per heavy atom. The van der Waals surface area contributed by atoms with Crippen molar-refractivity contribution in [3.05, 3.63) is 64.7 Å². The van der Waals surface area contributed by atoms with Gasteiger partial charge in [-0.25, -0.2) is 9.98 Å². The lowest BCUT2D eigenvalue weighted by atomic mass is 9.93. The van der Waals surface area contributed by atoms with Crippen LogP contribution in [0.1, 0.15) is 32.6 Å². The summed E-state index contributed by atoms with van der Waals surface area (Å²) in [7, 11) is 0. The molecule has 1 aliphatic heterocycles. The van der Waals surface area contributed by atoms with Gasteiger partial charge in [-0.3, -0.25) is 0 Å². The second-order valence-corrected chi connectivity index (χ2v) is 7.92. The van der Waals surface area contributed by atoms with Gasteiger partial charge in [0.2, 0.25) is 0 Å². The van der Waals surface area contributed by atoms with Crippen molar-refractivity contribution in [2.45, 2.75) is 32.6 Å². The molecule has 0 N–H and O–H groups in total. The van der Waals surface area contributed by atoms with E-state index in [1.165, 1.54) is 24.0 Å². The fraction of sp³-hybridized carbons (Fsp3) is 0.273. The van der Waals surface area contributed by atoms with Gasteiger partial charge in [0.15, 0.2) is 0 Å². The van der Waals surface area contributed by atoms with Gasteiger partial charge in [-0.1, -0.05) is 11.6 Å². The van der Waals surface area contributed by atoms with Crippen molar-refractivity contribution in [2.75, 3.05) is 6.61 Å². The summed E-state index contributed by atoms with van der Waals surface area (Å²) in [6.07, 6.45) is 4.60. The molecule has 0 radical (unpaired) electrons. The Bertz CT molecular complexity index is 914. The molecule has 0 amide bonds. The highest BCUT2D eigenvalue weighted by molar-refractivity contribution is 8.28. The van der Waals surface area contributed by atoms with E-state index in [0.29, 0.717) is 6.61 Å². The second-order valence-electron chi connectivity index (χ2n) is 6.50. The van der Waals surface area contributed by atoms with Gasteiger partial charge in [-0.2, -0.15) is 0 Å². The molecule has 0 atom stereocenters. The summed E-state index contributed by atoms with van der Waals surface area (Å²) < 4.78 is 5.52. The minimum absolute atomic E-state index is 0.671. The number of benzene rings is 2. The van der Waals surface area contributed by atoms with Crippen LogP contribution in [0.25, 0.3) is 0 Å². The number of thioether (sulfide) groups is 1. The van der Waals surface area contributed by atoms with Crippen molar-refractivity contribution < 1.29 is 4.74 Å². The average molecular weight is 397 g/mol. The maximum Gasteiger partial charge on any atom is 0.119 e. The SMILES string of the molecule is CCOc1ccc(N=C2SC(=Nc3ccc(Cl)cc3)C3=C2CCCC3)cc1. The summed E-state index contributed by atoms with van der Waals surface area (Å²) >= 11 is 7.68. The Morgan fingerprint density at radius 3 is 1.89 bits per heavy atom. The molecule has 138 valence electrons. The average Bonchev–Trinajstić information content (AvgIpc) is 3.03. The number of rotatable bonds is 4. The lowest BCUT2D eigenvalue weighted by molar-refractivity contribution is 0.340. The third-order valence-electron chi connectivity index (χ3n) is 4.61. The van der Waals surface area contributed by atoms with Gasteiger partial charge in [-0.15, -0.1) is 0 Å². The van der Waals surface area contributed by atoms with E-state index in [2.05, 4.69) is 0 Å². The highest BCUT2D eigenvalue weighted by Gasteiger charge is 2.30. The van der Waals surface area contributed by atoms with Crippen LogP contribution in [0.3, 0.4) is 0 Å². The first kappa shape index (κ1) is 18.3. The molecule has 0 unspecified atom stereocenters. The Hall–Kier alpha value is -2.04. The molecule has 1 heterocycles. The number of ether oxygens (including phenoxy) is 1. The van der Waals surface area contributed by atoms with Crippen LogP contribution in [-0.4, -0.2) is 16.7 Å². The summed E-state index contributed by atoms with van der Waals surface area (Å²) in [4.78, 5) is 9.79. The molecule has 3 nitrogen and oxygen atoms in total. The molecule has 0 aromatic heterocycles. The highest BCUT2D eigenvalue weighted by atomic mass is 35.5. The van der Waals surface area contributed by atoms with Crippen LogP contribution in [-0.2, 0) is 0 Å². The van der Waals surface area contributed by atoms with Crippen LogP contribution < -0.4 is 4.74 Å². The number of hydrogen-bond donors (Lipinski definition) is 0. The van der Waals surface area contributed by atoms with Crippen LogP contribution in [0.2, 0.25) is 5.02 Å². The molecule has 0 bridgehead atoms. The van der Waals surface area contributed by atoms with Crippen LogP contribution in [0.4, 0.5) is 11.4 Å². The molecule has 0 spiro atoms. The summed E-state index contributed by atoms with van der Waals surface area (Å²) in [6.45, 7) is 2.66. The Morgan fingerprint density at radius 2 is 1.37 bits per heavy atom. The zero-order chi connectivity index (χ0) is 18.6. The topological polar surface area (TPSA) is 34.0 Å². The smallest absolute Gasteiger partial charge is 0.119 e. The Labute approximate surface area is 169 Å². The van der Waals surface area contributed by atoms with Crippen LogP contribution >= 0.6 is 23.4 Å². The van der Waals surface area contributed by atoms with E-state index in [0.717, 1.165) is 45.1 Å². The lowest BCUT2D eigenvalue weighted by Gasteiger charge is -2.13. The predicted molar refractivity (Wildman–Crippen MR) is 116 cm³/mol. The molecule has 2 aromatic carbocycles. The van der Waals surface area contributed by atoms with Gasteiger partial charge in [-0.05, 0) is 104 Å². The maximum absolute atomic E-state index is 5.99. The Kier molecular flexibility index (Phi) is 5.65. The van der Waals surface area contributed by atoms with Crippen molar-refractivity contribution in [2.24, 2.45) is 9.98 Å². The Balaban J connectivity index is 1.64. The molecule has 4 rings (SSSR count). The van der Waals surface area contributed by atoms with E-state index >= 15 is 0 Å². The zero-order valence-electron chi connectivity index (χ0n) is 15.2. The van der Waals surface area contributed by atoms with Gasteiger partial charge < -0.3 is 4.74 Å². The summed E-state index contributed by atoms with van der Waals surface area (Å²) in [5.74, 6) is 0.878. The number of aliphatic imine (C=N–C) groups is 2. The van der Waals surface area contributed by atoms with E-state index in [4.69, 9.17) is 26.3 Å². The summed E-state index contributed by atoms with van der Waals surface area (Å²) in [5, 5.41) is 2.90. The first-order chi connectivity index (χ1) is 13.2. The van der Waals surface area contributed by atoms with E-state index in [-0.39, 0.29) is 0 Å². The highest BCUT2D eigenvalue weighted by Crippen LogP contribution is 2.41. The van der Waals surface area contributed by atoms with Gasteiger partial charge in [0.1, 0.15) is 15.8 Å². The summed E-state index contributed by atoms with van der Waals surface area (Å²) in [5.41, 5.74) is 4.62. The fourth-order valence-electron chi connectivity index (χ4n) is 3.31. The maximum atomic E-state index is 5.99. The minimum atomic E-state index is 0.671. The van der Waals surface area contributed by atoms with Crippen molar-refractivity contribution >= 4 is 44.8 Å². The van der Waals surface area contributed by atoms with Crippen molar-refractivity contribution in [3.8, 4) is 5.75 Å². The molecule has 0 saturated carbocycles. The first-order valence-electron chi connectivity index (χ1n) is 9.29. The molecule has 27 heavy (non-hydrogen) atoms. The third kappa shape index (κ3) is 4.28. The quantitative estimate of drug-likeness (QED) is 0.551. The van der Waals surface area contributed by atoms with Crippen LogP contribution in [0, 0.1) is 0 Å². The van der Waals surface area contributed by atoms with Gasteiger partial charge in [0.25, 0.3) is 0 Å². The van der Waals surface area contributed by atoms with Gasteiger partial charge in [0, 0.05) is 5.02 Å². The number of nitrogens with zero attached hydrogens (tertiary/aromatic N) is 2. The van der Waals surface area contributed by atoms with Gasteiger partial charge >= 0.3 is 0 Å². The number of halogens is 1. The number of hydrogen-bond acceptors (Lipinski definition) is 4. The van der Waals surface area contributed by atoms with Crippen LogP contribution in [0.15, 0.2) is 69.7 Å². The molecule has 2 aliphatic rings. The standard InChI is InChI=1S/C22H21ClN2OS/c1-2-26-18-13-11-17(12-14-18)25-22-20-6-4-3-5-19(20)21(27-22)24-16-9-7-15(23)8-10-16/h7-14H,2-6H2,1H3. The molecule has 0 fully saturated rings. The van der Waals surface area contributed by atoms with E-state index in [9.17, 15) is 0 Å². The van der Waals surface area contributed by atoms with Crippen LogP contribution in [0.5, 0.6) is 5.75 Å². The normalized spacial score (nSPS) is 19.6. The van der Waals surface area contributed by atoms with E-state index in [1.807, 2.05) is 55.5 Å². The summed E-state index contributed by atoms with van der Waals surface area (Å²) in [6, 6.07) is 15.6. The molecule has 1 aliphatic carbocycles. The van der Waals surface area contributed by atoms with E-state index < -0.39 is 0 Å². The van der Waals surface area contributed by atoms with Crippen molar-refractivity contribution in [1.82, 2.24) is 0 Å². The second kappa shape index (κ2) is 8.32. The third-order valence-corrected chi connectivity index (χ3v) is 5.93. The van der Waals surface area contributed by atoms with Gasteiger partial charge in [0.05, 0.1) is 18.0 Å². The molecule has 0 saturated heterocycles. The molecular weight excluding hydrogens is 376 g/mol. The largest absolute Gasteiger partial charge is 0.494 e. The molecular formula is C22H21ClN2OS.